The lowest BCUT2D eigenvalue weighted by Crippen LogP contribution is -2.15. The largest absolute Gasteiger partial charge is 0.495 e. The van der Waals surface area contributed by atoms with Gasteiger partial charge in [0.1, 0.15) is 11.6 Å². The van der Waals surface area contributed by atoms with E-state index < -0.39 is 11.7 Å². The Balaban J connectivity index is 2.32. The van der Waals surface area contributed by atoms with Crippen molar-refractivity contribution < 1.29 is 13.9 Å². The van der Waals surface area contributed by atoms with E-state index in [1.165, 1.54) is 13.2 Å². The molecule has 3 nitrogen and oxygen atoms in total. The molecule has 0 aromatic heterocycles. The standard InChI is InChI=1S/C16H16FNO2/c1-10-7-8-14(20-3)13(9-10)18-16(19)12-6-4-5-11(2)15(12)17/h4-9H,1-3H3,(H,18,19). The van der Waals surface area contributed by atoms with Crippen LogP contribution in [0.2, 0.25) is 0 Å². The zero-order valence-electron chi connectivity index (χ0n) is 11.7. The third kappa shape index (κ3) is 2.79. The number of anilines is 1. The highest BCUT2D eigenvalue weighted by molar-refractivity contribution is 6.05. The minimum absolute atomic E-state index is 0.0218. The number of hydrogen-bond donors (Lipinski definition) is 1. The second kappa shape index (κ2) is 5.74. The van der Waals surface area contributed by atoms with Crippen LogP contribution in [0.1, 0.15) is 21.5 Å². The number of carbonyl (C=O) groups excluding carboxylic acids is 1. The van der Waals surface area contributed by atoms with Gasteiger partial charge in [-0.2, -0.15) is 0 Å². The van der Waals surface area contributed by atoms with Crippen LogP contribution in [0.15, 0.2) is 36.4 Å². The van der Waals surface area contributed by atoms with Gasteiger partial charge in [0.05, 0.1) is 18.4 Å². The molecule has 20 heavy (non-hydrogen) atoms. The SMILES string of the molecule is COc1ccc(C)cc1NC(=O)c1cccc(C)c1F. The molecule has 0 saturated heterocycles. The number of benzene rings is 2. The molecule has 104 valence electrons. The van der Waals surface area contributed by atoms with E-state index in [9.17, 15) is 9.18 Å². The van der Waals surface area contributed by atoms with Gasteiger partial charge in [0.2, 0.25) is 0 Å². The average molecular weight is 273 g/mol. The number of hydrogen-bond acceptors (Lipinski definition) is 2. The summed E-state index contributed by atoms with van der Waals surface area (Å²) < 4.78 is 19.1. The lowest BCUT2D eigenvalue weighted by atomic mass is 10.1. The molecule has 0 unspecified atom stereocenters. The zero-order valence-corrected chi connectivity index (χ0v) is 11.7. The number of carbonyl (C=O) groups is 1. The van der Waals surface area contributed by atoms with Crippen molar-refractivity contribution in [1.29, 1.82) is 0 Å². The molecule has 0 radical (unpaired) electrons. The maximum absolute atomic E-state index is 13.9. The van der Waals surface area contributed by atoms with Gasteiger partial charge >= 0.3 is 0 Å². The second-order valence-electron chi connectivity index (χ2n) is 4.59. The van der Waals surface area contributed by atoms with Crippen LogP contribution in [0.25, 0.3) is 0 Å². The number of amides is 1. The Kier molecular flexibility index (Phi) is 4.03. The van der Waals surface area contributed by atoms with Gasteiger partial charge in [-0.1, -0.05) is 18.2 Å². The second-order valence-corrected chi connectivity index (χ2v) is 4.59. The van der Waals surface area contributed by atoms with E-state index in [-0.39, 0.29) is 5.56 Å². The summed E-state index contributed by atoms with van der Waals surface area (Å²) in [5.41, 5.74) is 1.96. The quantitative estimate of drug-likeness (QED) is 0.926. The van der Waals surface area contributed by atoms with E-state index in [0.29, 0.717) is 17.0 Å². The summed E-state index contributed by atoms with van der Waals surface area (Å²) in [5, 5.41) is 2.68. The summed E-state index contributed by atoms with van der Waals surface area (Å²) in [4.78, 5) is 12.2. The molecule has 2 rings (SSSR count). The Labute approximate surface area is 117 Å². The Morgan fingerprint density at radius 1 is 1.20 bits per heavy atom. The predicted octanol–water partition coefficient (Wildman–Crippen LogP) is 3.70. The molecule has 0 saturated carbocycles. The number of rotatable bonds is 3. The van der Waals surface area contributed by atoms with Crippen molar-refractivity contribution in [2.45, 2.75) is 13.8 Å². The maximum Gasteiger partial charge on any atom is 0.258 e. The van der Waals surface area contributed by atoms with Crippen LogP contribution in [0.5, 0.6) is 5.75 Å². The summed E-state index contributed by atoms with van der Waals surface area (Å²) in [5.74, 6) is -0.455. The Morgan fingerprint density at radius 2 is 1.95 bits per heavy atom. The molecule has 2 aromatic carbocycles. The third-order valence-electron chi connectivity index (χ3n) is 3.04. The molecule has 0 aliphatic carbocycles. The topological polar surface area (TPSA) is 38.3 Å². The van der Waals surface area contributed by atoms with Crippen LogP contribution >= 0.6 is 0 Å². The van der Waals surface area contributed by atoms with Crippen molar-refractivity contribution in [3.05, 3.63) is 58.9 Å². The van der Waals surface area contributed by atoms with Crippen LogP contribution in [-0.4, -0.2) is 13.0 Å². The van der Waals surface area contributed by atoms with E-state index in [1.807, 2.05) is 13.0 Å². The number of ether oxygens (including phenoxy) is 1. The normalized spacial score (nSPS) is 10.2. The molecule has 0 fully saturated rings. The van der Waals surface area contributed by atoms with E-state index in [2.05, 4.69) is 5.32 Å². The molecule has 0 atom stereocenters. The molecule has 0 heterocycles. The molecule has 1 amide bonds. The van der Waals surface area contributed by atoms with Gasteiger partial charge in [-0.05, 0) is 43.2 Å². The number of methoxy groups -OCH3 is 1. The highest BCUT2D eigenvalue weighted by Gasteiger charge is 2.15. The van der Waals surface area contributed by atoms with Gasteiger partial charge in [0.25, 0.3) is 5.91 Å². The smallest absolute Gasteiger partial charge is 0.258 e. The van der Waals surface area contributed by atoms with Crippen LogP contribution in [0, 0.1) is 19.7 Å². The van der Waals surface area contributed by atoms with Crippen molar-refractivity contribution in [2.75, 3.05) is 12.4 Å². The summed E-state index contributed by atoms with van der Waals surface area (Å²) in [7, 11) is 1.52. The first-order valence-electron chi connectivity index (χ1n) is 6.24. The lowest BCUT2D eigenvalue weighted by molar-refractivity contribution is 0.102. The fourth-order valence-corrected chi connectivity index (χ4v) is 1.93. The van der Waals surface area contributed by atoms with Crippen molar-refractivity contribution in [2.24, 2.45) is 0 Å². The first kappa shape index (κ1) is 14.1. The Morgan fingerprint density at radius 3 is 2.65 bits per heavy atom. The van der Waals surface area contributed by atoms with E-state index >= 15 is 0 Å². The van der Waals surface area contributed by atoms with Crippen molar-refractivity contribution in [3.63, 3.8) is 0 Å². The third-order valence-corrected chi connectivity index (χ3v) is 3.04. The van der Waals surface area contributed by atoms with Gasteiger partial charge in [0, 0.05) is 0 Å². The van der Waals surface area contributed by atoms with E-state index in [4.69, 9.17) is 4.74 Å². The van der Waals surface area contributed by atoms with E-state index in [0.717, 1.165) is 5.56 Å². The summed E-state index contributed by atoms with van der Waals surface area (Å²) in [6.07, 6.45) is 0. The predicted molar refractivity (Wildman–Crippen MR) is 76.8 cm³/mol. The van der Waals surface area contributed by atoms with E-state index in [1.54, 1.807) is 31.2 Å². The summed E-state index contributed by atoms with van der Waals surface area (Å²) in [6, 6.07) is 10.2. The van der Waals surface area contributed by atoms with Gasteiger partial charge in [-0.15, -0.1) is 0 Å². The maximum atomic E-state index is 13.9. The monoisotopic (exact) mass is 273 g/mol. The van der Waals surface area contributed by atoms with Gasteiger partial charge < -0.3 is 10.1 Å². The Bertz CT molecular complexity index is 653. The number of aryl methyl sites for hydroxylation is 2. The fourth-order valence-electron chi connectivity index (χ4n) is 1.93. The zero-order chi connectivity index (χ0) is 14.7. The van der Waals surface area contributed by atoms with Gasteiger partial charge in [-0.25, -0.2) is 4.39 Å². The minimum atomic E-state index is -0.503. The molecule has 0 bridgehead atoms. The van der Waals surface area contributed by atoms with Gasteiger partial charge in [0.15, 0.2) is 0 Å². The van der Waals surface area contributed by atoms with Crippen molar-refractivity contribution >= 4 is 11.6 Å². The number of halogens is 1. The van der Waals surface area contributed by atoms with Crippen LogP contribution in [0.3, 0.4) is 0 Å². The lowest BCUT2D eigenvalue weighted by Gasteiger charge is -2.12. The van der Waals surface area contributed by atoms with Crippen LogP contribution in [-0.2, 0) is 0 Å². The molecule has 1 N–H and O–H groups in total. The molecular formula is C16H16FNO2. The fraction of sp³-hybridized carbons (Fsp3) is 0.188. The first-order valence-corrected chi connectivity index (χ1v) is 6.24. The number of nitrogens with one attached hydrogen (secondary N) is 1. The first-order chi connectivity index (χ1) is 9.52. The molecular weight excluding hydrogens is 257 g/mol. The van der Waals surface area contributed by atoms with Crippen LogP contribution < -0.4 is 10.1 Å². The highest BCUT2D eigenvalue weighted by atomic mass is 19.1. The molecule has 0 spiro atoms. The Hall–Kier alpha value is -2.36. The minimum Gasteiger partial charge on any atom is -0.495 e. The molecule has 4 heteroatoms. The van der Waals surface area contributed by atoms with Crippen LogP contribution in [0.4, 0.5) is 10.1 Å². The molecule has 0 aliphatic heterocycles. The van der Waals surface area contributed by atoms with Crippen molar-refractivity contribution in [3.8, 4) is 5.75 Å². The average Bonchev–Trinajstić information content (AvgIpc) is 2.42. The molecule has 2 aromatic rings. The van der Waals surface area contributed by atoms with Gasteiger partial charge in [-0.3, -0.25) is 4.79 Å². The van der Waals surface area contributed by atoms with Crippen molar-refractivity contribution in [1.82, 2.24) is 0 Å². The molecule has 0 aliphatic rings. The highest BCUT2D eigenvalue weighted by Crippen LogP contribution is 2.26. The summed E-state index contributed by atoms with van der Waals surface area (Å²) >= 11 is 0. The summed E-state index contributed by atoms with van der Waals surface area (Å²) in [6.45, 7) is 3.53.